The van der Waals surface area contributed by atoms with Gasteiger partial charge in [-0.1, -0.05) is 6.92 Å². The first-order valence-corrected chi connectivity index (χ1v) is 7.38. The third-order valence-corrected chi connectivity index (χ3v) is 3.89. The van der Waals surface area contributed by atoms with Crippen molar-refractivity contribution in [3.63, 3.8) is 0 Å². The number of aromatic nitrogens is 1. The van der Waals surface area contributed by atoms with E-state index in [4.69, 9.17) is 4.74 Å². The van der Waals surface area contributed by atoms with Crippen molar-refractivity contribution >= 4 is 11.7 Å². The molecule has 1 aromatic heterocycles. The molecule has 2 heterocycles. The zero-order valence-electron chi connectivity index (χ0n) is 12.8. The number of hydrogen-bond acceptors (Lipinski definition) is 3. The summed E-state index contributed by atoms with van der Waals surface area (Å²) < 4.78 is 7.06. The first-order valence-electron chi connectivity index (χ1n) is 7.38. The van der Waals surface area contributed by atoms with Gasteiger partial charge in [-0.15, -0.1) is 0 Å². The summed E-state index contributed by atoms with van der Waals surface area (Å²) in [6, 6.07) is 1.41. The van der Waals surface area contributed by atoms with Crippen LogP contribution in [0.3, 0.4) is 0 Å². The summed E-state index contributed by atoms with van der Waals surface area (Å²) in [6.45, 7) is 4.57. The van der Waals surface area contributed by atoms with E-state index in [1.807, 2.05) is 6.92 Å². The number of carbonyl (C=O) groups excluding carboxylic acids is 1. The number of carbonyl (C=O) groups is 1. The molecular weight excluding hydrogens is 270 g/mol. The molecule has 2 N–H and O–H groups in total. The first kappa shape index (κ1) is 15.6. The molecule has 21 heavy (non-hydrogen) atoms. The van der Waals surface area contributed by atoms with Gasteiger partial charge in [0.2, 0.25) is 0 Å². The lowest BCUT2D eigenvalue weighted by Gasteiger charge is -2.23. The molecule has 0 bridgehead atoms. The predicted octanol–water partition coefficient (Wildman–Crippen LogP) is 1.77. The standard InChI is InChI=1S/C15H23N3O3/c1-4-11(12-6-5-9-21-12)16-15(20)17-13-10(2)7-8-18(3)14(13)19/h7-8,11-12H,4-6,9H2,1-3H3,(H2,16,17,20)/t11-,12+/m1/s1. The van der Waals surface area contributed by atoms with E-state index in [0.717, 1.165) is 31.4 Å². The smallest absolute Gasteiger partial charge is 0.319 e. The Morgan fingerprint density at radius 2 is 2.33 bits per heavy atom. The van der Waals surface area contributed by atoms with E-state index in [-0.39, 0.29) is 23.7 Å². The number of pyridine rings is 1. The normalized spacial score (nSPS) is 19.3. The Labute approximate surface area is 124 Å². The maximum Gasteiger partial charge on any atom is 0.319 e. The maximum atomic E-state index is 12.1. The van der Waals surface area contributed by atoms with Crippen molar-refractivity contribution in [1.82, 2.24) is 9.88 Å². The highest BCUT2D eigenvalue weighted by Gasteiger charge is 2.26. The van der Waals surface area contributed by atoms with Crippen LogP contribution in [0.15, 0.2) is 17.1 Å². The lowest BCUT2D eigenvalue weighted by molar-refractivity contribution is 0.0804. The molecule has 2 amide bonds. The average molecular weight is 293 g/mol. The second-order valence-electron chi connectivity index (χ2n) is 5.45. The van der Waals surface area contributed by atoms with E-state index in [9.17, 15) is 9.59 Å². The van der Waals surface area contributed by atoms with Crippen LogP contribution in [0.2, 0.25) is 0 Å². The lowest BCUT2D eigenvalue weighted by atomic mass is 10.1. The summed E-state index contributed by atoms with van der Waals surface area (Å²) >= 11 is 0. The number of amides is 2. The van der Waals surface area contributed by atoms with Gasteiger partial charge < -0.3 is 19.9 Å². The largest absolute Gasteiger partial charge is 0.376 e. The van der Waals surface area contributed by atoms with E-state index in [1.54, 1.807) is 26.2 Å². The molecule has 0 spiro atoms. The number of nitrogens with zero attached hydrogens (tertiary/aromatic N) is 1. The number of aryl methyl sites for hydroxylation is 2. The van der Waals surface area contributed by atoms with Crippen molar-refractivity contribution in [3.8, 4) is 0 Å². The topological polar surface area (TPSA) is 72.4 Å². The van der Waals surface area contributed by atoms with Crippen molar-refractivity contribution in [1.29, 1.82) is 0 Å². The van der Waals surface area contributed by atoms with E-state index in [2.05, 4.69) is 10.6 Å². The second kappa shape index (κ2) is 6.76. The first-order chi connectivity index (χ1) is 10.0. The maximum absolute atomic E-state index is 12.1. The summed E-state index contributed by atoms with van der Waals surface area (Å²) in [5.74, 6) is 0. The molecule has 0 unspecified atom stereocenters. The molecule has 6 nitrogen and oxygen atoms in total. The average Bonchev–Trinajstić information content (AvgIpc) is 2.99. The third-order valence-electron chi connectivity index (χ3n) is 3.89. The molecule has 6 heteroatoms. The van der Waals surface area contributed by atoms with Gasteiger partial charge in [0.05, 0.1) is 12.1 Å². The lowest BCUT2D eigenvalue weighted by Crippen LogP contribution is -2.45. The van der Waals surface area contributed by atoms with Crippen LogP contribution in [-0.4, -0.2) is 29.4 Å². The number of anilines is 1. The molecule has 1 aliphatic rings. The Kier molecular flexibility index (Phi) is 5.01. The van der Waals surface area contributed by atoms with Gasteiger partial charge in [0, 0.05) is 19.9 Å². The quantitative estimate of drug-likeness (QED) is 0.888. The summed E-state index contributed by atoms with van der Waals surface area (Å²) in [6.07, 6.45) is 4.54. The monoisotopic (exact) mass is 293 g/mol. The summed E-state index contributed by atoms with van der Waals surface area (Å²) in [5.41, 5.74) is 0.855. The van der Waals surface area contributed by atoms with Crippen molar-refractivity contribution in [3.05, 3.63) is 28.2 Å². The molecule has 1 saturated heterocycles. The summed E-state index contributed by atoms with van der Waals surface area (Å²) in [4.78, 5) is 24.2. The Morgan fingerprint density at radius 1 is 1.57 bits per heavy atom. The fourth-order valence-corrected chi connectivity index (χ4v) is 2.57. The van der Waals surface area contributed by atoms with Gasteiger partial charge in [0.15, 0.2) is 0 Å². The molecule has 0 aliphatic carbocycles. The Morgan fingerprint density at radius 3 is 2.95 bits per heavy atom. The highest BCUT2D eigenvalue weighted by molar-refractivity contribution is 5.90. The molecule has 1 aliphatic heterocycles. The fraction of sp³-hybridized carbons (Fsp3) is 0.600. The minimum absolute atomic E-state index is 0.0274. The van der Waals surface area contributed by atoms with Crippen molar-refractivity contribution in [2.24, 2.45) is 7.05 Å². The van der Waals surface area contributed by atoms with Gasteiger partial charge in [-0.05, 0) is 37.8 Å². The minimum atomic E-state index is -0.358. The number of nitrogens with one attached hydrogen (secondary N) is 2. The van der Waals surface area contributed by atoms with Gasteiger partial charge in [0.1, 0.15) is 5.69 Å². The molecule has 2 rings (SSSR count). The van der Waals surface area contributed by atoms with Crippen LogP contribution in [0.25, 0.3) is 0 Å². The number of ether oxygens (including phenoxy) is 1. The SMILES string of the molecule is CC[C@@H](NC(=O)Nc1c(C)ccn(C)c1=O)[C@@H]1CCCO1. The van der Waals surface area contributed by atoms with Crippen LogP contribution in [0, 0.1) is 6.92 Å². The van der Waals surface area contributed by atoms with E-state index in [0.29, 0.717) is 5.69 Å². The Bertz CT molecular complexity index is 562. The number of urea groups is 1. The number of rotatable bonds is 4. The molecule has 2 atom stereocenters. The highest BCUT2D eigenvalue weighted by Crippen LogP contribution is 2.17. The molecular formula is C15H23N3O3. The van der Waals surface area contributed by atoms with Crippen LogP contribution in [-0.2, 0) is 11.8 Å². The molecule has 1 aromatic rings. The van der Waals surface area contributed by atoms with E-state index < -0.39 is 0 Å². The Hall–Kier alpha value is -1.82. The molecule has 0 saturated carbocycles. The van der Waals surface area contributed by atoms with Gasteiger partial charge in [-0.3, -0.25) is 4.79 Å². The zero-order chi connectivity index (χ0) is 15.4. The summed E-state index contributed by atoms with van der Waals surface area (Å²) in [7, 11) is 1.66. The summed E-state index contributed by atoms with van der Waals surface area (Å²) in [5, 5.41) is 5.58. The van der Waals surface area contributed by atoms with Gasteiger partial charge in [0.25, 0.3) is 5.56 Å². The van der Waals surface area contributed by atoms with Crippen LogP contribution in [0.5, 0.6) is 0 Å². The van der Waals surface area contributed by atoms with Gasteiger partial charge >= 0.3 is 6.03 Å². The van der Waals surface area contributed by atoms with Crippen LogP contribution in [0.4, 0.5) is 10.5 Å². The van der Waals surface area contributed by atoms with Crippen molar-refractivity contribution in [2.45, 2.75) is 45.3 Å². The zero-order valence-corrected chi connectivity index (χ0v) is 12.8. The van der Waals surface area contributed by atoms with Gasteiger partial charge in [-0.2, -0.15) is 0 Å². The van der Waals surface area contributed by atoms with Gasteiger partial charge in [-0.25, -0.2) is 4.79 Å². The van der Waals surface area contributed by atoms with E-state index >= 15 is 0 Å². The predicted molar refractivity (Wildman–Crippen MR) is 81.6 cm³/mol. The fourth-order valence-electron chi connectivity index (χ4n) is 2.57. The third kappa shape index (κ3) is 3.64. The molecule has 0 aromatic carbocycles. The molecule has 116 valence electrons. The Balaban J connectivity index is 2.04. The van der Waals surface area contributed by atoms with Crippen molar-refractivity contribution in [2.75, 3.05) is 11.9 Å². The molecule has 0 radical (unpaired) electrons. The van der Waals surface area contributed by atoms with Crippen molar-refractivity contribution < 1.29 is 9.53 Å². The highest BCUT2D eigenvalue weighted by atomic mass is 16.5. The van der Waals surface area contributed by atoms with Crippen LogP contribution >= 0.6 is 0 Å². The minimum Gasteiger partial charge on any atom is -0.376 e. The van der Waals surface area contributed by atoms with E-state index in [1.165, 1.54) is 4.57 Å². The number of hydrogen-bond donors (Lipinski definition) is 2. The molecule has 1 fully saturated rings. The van der Waals surface area contributed by atoms with Crippen LogP contribution < -0.4 is 16.2 Å². The van der Waals surface area contributed by atoms with Crippen LogP contribution in [0.1, 0.15) is 31.7 Å². The second-order valence-corrected chi connectivity index (χ2v) is 5.45.